The number of hydrogen-bond acceptors (Lipinski definition) is 2. The van der Waals surface area contributed by atoms with Crippen LogP contribution in [0.15, 0.2) is 12.3 Å². The molecule has 0 bridgehead atoms. The third kappa shape index (κ3) is 1.89. The largest absolute Gasteiger partial charge is 0.477 e. The summed E-state index contributed by atoms with van der Waals surface area (Å²) in [6, 6.07) is 0. The predicted molar refractivity (Wildman–Crippen MR) is 35.2 cm³/mol. The molecule has 4 heteroatoms. The number of carboxylic acids is 1. The third-order valence-corrected chi connectivity index (χ3v) is 1.12. The zero-order valence-electron chi connectivity index (χ0n) is 5.92. The van der Waals surface area contributed by atoms with Crippen LogP contribution in [0.3, 0.4) is 0 Å². The monoisotopic (exact) mass is 143 g/mol. The summed E-state index contributed by atoms with van der Waals surface area (Å²) in [7, 11) is 1.36. The maximum atomic E-state index is 10.5. The predicted octanol–water partition coefficient (Wildman–Crippen LogP) is 0.0630. The van der Waals surface area contributed by atoms with Gasteiger partial charge in [0.25, 0.3) is 0 Å². The summed E-state index contributed by atoms with van der Waals surface area (Å²) in [4.78, 5) is 21.6. The van der Waals surface area contributed by atoms with Gasteiger partial charge in [-0.15, -0.1) is 0 Å². The van der Waals surface area contributed by atoms with Crippen LogP contribution in [-0.4, -0.2) is 28.9 Å². The summed E-state index contributed by atoms with van der Waals surface area (Å²) in [6.45, 7) is 4.45. The highest BCUT2D eigenvalue weighted by atomic mass is 16.4. The van der Waals surface area contributed by atoms with E-state index in [1.54, 1.807) is 0 Å². The van der Waals surface area contributed by atoms with Crippen LogP contribution in [0, 0.1) is 0 Å². The Hall–Kier alpha value is -1.32. The first kappa shape index (κ1) is 8.68. The lowest BCUT2D eigenvalue weighted by molar-refractivity contribution is -0.138. The summed E-state index contributed by atoms with van der Waals surface area (Å²) in [5, 5.41) is 8.31. The van der Waals surface area contributed by atoms with Crippen LogP contribution < -0.4 is 0 Å². The summed E-state index contributed by atoms with van der Waals surface area (Å²) in [6.07, 6.45) is 0. The maximum absolute atomic E-state index is 10.5. The molecule has 0 unspecified atom stereocenters. The Labute approximate surface area is 58.8 Å². The highest BCUT2D eigenvalue weighted by molar-refractivity contribution is 5.91. The number of amides is 1. The molecule has 0 heterocycles. The molecule has 0 aliphatic carbocycles. The lowest BCUT2D eigenvalue weighted by Gasteiger charge is -2.12. The Morgan fingerprint density at radius 2 is 1.90 bits per heavy atom. The fraction of sp³-hybridized carbons (Fsp3) is 0.333. The summed E-state index contributed by atoms with van der Waals surface area (Å²) in [5.41, 5.74) is -0.215. The molecule has 0 rings (SSSR count). The summed E-state index contributed by atoms with van der Waals surface area (Å²) < 4.78 is 0. The average molecular weight is 143 g/mol. The number of carbonyl (C=O) groups is 2. The van der Waals surface area contributed by atoms with E-state index < -0.39 is 5.97 Å². The molecule has 0 saturated heterocycles. The minimum atomic E-state index is -1.18. The molecule has 0 aromatic carbocycles. The molecule has 1 amide bonds. The van der Waals surface area contributed by atoms with Crippen molar-refractivity contribution in [3.05, 3.63) is 12.3 Å². The maximum Gasteiger partial charge on any atom is 0.351 e. The van der Waals surface area contributed by atoms with E-state index in [0.29, 0.717) is 0 Å². The van der Waals surface area contributed by atoms with Gasteiger partial charge < -0.3 is 10.0 Å². The topological polar surface area (TPSA) is 57.6 Å². The van der Waals surface area contributed by atoms with E-state index >= 15 is 0 Å². The molecular weight excluding hydrogens is 134 g/mol. The minimum Gasteiger partial charge on any atom is -0.477 e. The molecule has 0 fully saturated rings. The molecule has 0 atom stereocenters. The van der Waals surface area contributed by atoms with E-state index in [1.807, 2.05) is 0 Å². The Morgan fingerprint density at radius 3 is 2.00 bits per heavy atom. The number of carboxylic acid groups (broad SMARTS) is 1. The van der Waals surface area contributed by atoms with Crippen molar-refractivity contribution in [2.75, 3.05) is 7.05 Å². The minimum absolute atomic E-state index is 0.215. The quantitative estimate of drug-likeness (QED) is 0.556. The van der Waals surface area contributed by atoms with E-state index in [1.165, 1.54) is 14.0 Å². The summed E-state index contributed by atoms with van der Waals surface area (Å²) >= 11 is 0. The second-order valence-electron chi connectivity index (χ2n) is 1.83. The van der Waals surface area contributed by atoms with Gasteiger partial charge in [-0.2, -0.15) is 0 Å². The number of rotatable bonds is 2. The standard InChI is InChI=1S/C6H9NO3/c1-4(6(9)10)7(3)5(2)8/h1H2,2-3H3,(H,9,10). The van der Waals surface area contributed by atoms with Gasteiger partial charge in [0.1, 0.15) is 5.70 Å². The molecule has 0 spiro atoms. The van der Waals surface area contributed by atoms with Gasteiger partial charge in [0.05, 0.1) is 0 Å². The highest BCUT2D eigenvalue weighted by Crippen LogP contribution is 1.97. The first-order chi connectivity index (χ1) is 4.46. The normalized spacial score (nSPS) is 8.60. The van der Waals surface area contributed by atoms with E-state index in [4.69, 9.17) is 5.11 Å². The zero-order valence-corrected chi connectivity index (χ0v) is 5.92. The van der Waals surface area contributed by atoms with Gasteiger partial charge in [0.2, 0.25) is 5.91 Å². The van der Waals surface area contributed by atoms with Crippen molar-refractivity contribution in [3.8, 4) is 0 Å². The number of nitrogens with zero attached hydrogens (tertiary/aromatic N) is 1. The van der Waals surface area contributed by atoms with Crippen molar-refractivity contribution in [1.29, 1.82) is 0 Å². The van der Waals surface area contributed by atoms with Crippen LogP contribution in [0.1, 0.15) is 6.92 Å². The van der Waals surface area contributed by atoms with Crippen LogP contribution >= 0.6 is 0 Å². The van der Waals surface area contributed by atoms with Crippen LogP contribution in [0.2, 0.25) is 0 Å². The van der Waals surface area contributed by atoms with Crippen LogP contribution in [0.4, 0.5) is 0 Å². The zero-order chi connectivity index (χ0) is 8.31. The van der Waals surface area contributed by atoms with Gasteiger partial charge in [0, 0.05) is 14.0 Å². The van der Waals surface area contributed by atoms with E-state index in [9.17, 15) is 9.59 Å². The number of hydrogen-bond donors (Lipinski definition) is 1. The number of carbonyl (C=O) groups excluding carboxylic acids is 1. The molecule has 4 nitrogen and oxygen atoms in total. The summed E-state index contributed by atoms with van der Waals surface area (Å²) in [5.74, 6) is -1.52. The number of likely N-dealkylation sites (N-methyl/N-ethyl adjacent to an activating group) is 1. The van der Waals surface area contributed by atoms with Gasteiger partial charge in [-0.1, -0.05) is 6.58 Å². The Balaban J connectivity index is 4.22. The molecule has 10 heavy (non-hydrogen) atoms. The van der Waals surface area contributed by atoms with E-state index in [2.05, 4.69) is 6.58 Å². The molecule has 0 aliphatic heterocycles. The van der Waals surface area contributed by atoms with Gasteiger partial charge in [-0.3, -0.25) is 4.79 Å². The first-order valence-electron chi connectivity index (χ1n) is 2.63. The molecule has 0 radical (unpaired) electrons. The van der Waals surface area contributed by atoms with Crippen molar-refractivity contribution in [2.45, 2.75) is 6.92 Å². The van der Waals surface area contributed by atoms with Crippen molar-refractivity contribution in [1.82, 2.24) is 4.90 Å². The number of aliphatic carboxylic acids is 1. The second-order valence-corrected chi connectivity index (χ2v) is 1.83. The lowest BCUT2D eigenvalue weighted by atomic mass is 10.4. The van der Waals surface area contributed by atoms with Crippen LogP contribution in [-0.2, 0) is 9.59 Å². The lowest BCUT2D eigenvalue weighted by Crippen LogP contribution is -2.26. The van der Waals surface area contributed by atoms with Crippen LogP contribution in [0.5, 0.6) is 0 Å². The van der Waals surface area contributed by atoms with E-state index in [-0.39, 0.29) is 11.6 Å². The van der Waals surface area contributed by atoms with E-state index in [0.717, 1.165) is 4.90 Å². The SMILES string of the molecule is C=C(C(=O)O)N(C)C(C)=O. The van der Waals surface area contributed by atoms with Crippen molar-refractivity contribution in [2.24, 2.45) is 0 Å². The van der Waals surface area contributed by atoms with Gasteiger partial charge in [-0.05, 0) is 0 Å². The molecule has 0 saturated carbocycles. The molecule has 0 aliphatic rings. The van der Waals surface area contributed by atoms with Gasteiger partial charge in [-0.25, -0.2) is 4.79 Å². The van der Waals surface area contributed by atoms with Crippen LogP contribution in [0.25, 0.3) is 0 Å². The molecular formula is C6H9NO3. The van der Waals surface area contributed by atoms with Crippen molar-refractivity contribution in [3.63, 3.8) is 0 Å². The first-order valence-corrected chi connectivity index (χ1v) is 2.63. The van der Waals surface area contributed by atoms with Gasteiger partial charge in [0.15, 0.2) is 0 Å². The fourth-order valence-electron chi connectivity index (χ4n) is 0.334. The second kappa shape index (κ2) is 3.00. The Morgan fingerprint density at radius 1 is 1.50 bits per heavy atom. The highest BCUT2D eigenvalue weighted by Gasteiger charge is 2.12. The Bertz CT molecular complexity index is 185. The van der Waals surface area contributed by atoms with Crippen molar-refractivity contribution >= 4 is 11.9 Å². The molecule has 0 aromatic heterocycles. The smallest absolute Gasteiger partial charge is 0.351 e. The fourth-order valence-corrected chi connectivity index (χ4v) is 0.334. The molecule has 0 aromatic rings. The Kier molecular flexibility index (Phi) is 2.61. The van der Waals surface area contributed by atoms with Gasteiger partial charge >= 0.3 is 5.97 Å². The molecule has 56 valence electrons. The third-order valence-electron chi connectivity index (χ3n) is 1.12. The average Bonchev–Trinajstić information content (AvgIpc) is 1.84. The molecule has 1 N–H and O–H groups in total. The van der Waals surface area contributed by atoms with Crippen molar-refractivity contribution < 1.29 is 14.7 Å².